The standard InChI is InChI=1S/C24H22O4/c1-24(2,3)19-15-10-16-20(27-22(25)17-11-6-4-7-12-17)21(19)28-23(26)18-13-8-5-9-14-18/h4-16H,1-3H3. The predicted molar refractivity (Wildman–Crippen MR) is 108 cm³/mol. The van der Waals surface area contributed by atoms with Crippen molar-refractivity contribution in [3.8, 4) is 11.5 Å². The van der Waals surface area contributed by atoms with E-state index in [9.17, 15) is 9.59 Å². The lowest BCUT2D eigenvalue weighted by Crippen LogP contribution is -2.18. The Bertz CT molecular complexity index is 970. The predicted octanol–water partition coefficient (Wildman–Crippen LogP) is 5.42. The highest BCUT2D eigenvalue weighted by molar-refractivity contribution is 5.93. The number of carbonyl (C=O) groups excluding carboxylic acids is 2. The van der Waals surface area contributed by atoms with Gasteiger partial charge in [0.25, 0.3) is 0 Å². The van der Waals surface area contributed by atoms with Crippen molar-refractivity contribution in [2.24, 2.45) is 0 Å². The van der Waals surface area contributed by atoms with Gasteiger partial charge >= 0.3 is 11.9 Å². The summed E-state index contributed by atoms with van der Waals surface area (Å²) in [6.07, 6.45) is 0. The number of hydrogen-bond acceptors (Lipinski definition) is 4. The Morgan fingerprint density at radius 3 is 1.64 bits per heavy atom. The summed E-state index contributed by atoms with van der Waals surface area (Å²) in [5, 5.41) is 0. The third-order valence-electron chi connectivity index (χ3n) is 4.20. The number of hydrogen-bond donors (Lipinski definition) is 0. The summed E-state index contributed by atoms with van der Waals surface area (Å²) in [6.45, 7) is 6.01. The first-order valence-corrected chi connectivity index (χ1v) is 9.04. The molecule has 0 atom stereocenters. The smallest absolute Gasteiger partial charge is 0.343 e. The summed E-state index contributed by atoms with van der Waals surface area (Å²) in [7, 11) is 0. The maximum Gasteiger partial charge on any atom is 0.343 e. The lowest BCUT2D eigenvalue weighted by Gasteiger charge is -2.23. The van der Waals surface area contributed by atoms with Gasteiger partial charge in [0.05, 0.1) is 11.1 Å². The fourth-order valence-electron chi connectivity index (χ4n) is 2.75. The third-order valence-corrected chi connectivity index (χ3v) is 4.20. The molecule has 0 fully saturated rings. The Morgan fingerprint density at radius 1 is 0.643 bits per heavy atom. The van der Waals surface area contributed by atoms with E-state index in [1.54, 1.807) is 60.7 Å². The van der Waals surface area contributed by atoms with E-state index in [-0.39, 0.29) is 16.9 Å². The molecule has 0 bridgehead atoms. The second-order valence-electron chi connectivity index (χ2n) is 7.39. The van der Waals surface area contributed by atoms with Gasteiger partial charge in [0.2, 0.25) is 0 Å². The van der Waals surface area contributed by atoms with Gasteiger partial charge in [0, 0.05) is 5.56 Å². The molecule has 3 rings (SSSR count). The number of carbonyl (C=O) groups is 2. The monoisotopic (exact) mass is 374 g/mol. The summed E-state index contributed by atoms with van der Waals surface area (Å²) in [5.74, 6) is -0.545. The van der Waals surface area contributed by atoms with Gasteiger partial charge in [-0.3, -0.25) is 0 Å². The second-order valence-corrected chi connectivity index (χ2v) is 7.39. The zero-order chi connectivity index (χ0) is 20.1. The van der Waals surface area contributed by atoms with Gasteiger partial charge in [-0.25, -0.2) is 9.59 Å². The van der Waals surface area contributed by atoms with Crippen LogP contribution >= 0.6 is 0 Å². The van der Waals surface area contributed by atoms with Gasteiger partial charge in [0.15, 0.2) is 11.5 Å². The van der Waals surface area contributed by atoms with Crippen LogP contribution in [0.3, 0.4) is 0 Å². The van der Waals surface area contributed by atoms with Crippen LogP contribution in [0, 0.1) is 0 Å². The molecule has 4 nitrogen and oxygen atoms in total. The SMILES string of the molecule is CC(C)(C)c1cccc(OC(=O)c2ccccc2)c1OC(=O)c1ccccc1. The molecule has 0 saturated heterocycles. The first-order chi connectivity index (χ1) is 13.4. The van der Waals surface area contributed by atoms with Crippen molar-refractivity contribution in [1.82, 2.24) is 0 Å². The van der Waals surface area contributed by atoms with Crippen LogP contribution in [-0.4, -0.2) is 11.9 Å². The van der Waals surface area contributed by atoms with Crippen LogP contribution in [0.15, 0.2) is 78.9 Å². The average molecular weight is 374 g/mol. The Kier molecular flexibility index (Phi) is 5.59. The van der Waals surface area contributed by atoms with Gasteiger partial charge in [0.1, 0.15) is 0 Å². The van der Waals surface area contributed by atoms with Crippen LogP contribution in [-0.2, 0) is 5.41 Å². The summed E-state index contributed by atoms with van der Waals surface area (Å²) in [6, 6.07) is 22.7. The normalized spacial score (nSPS) is 11.0. The highest BCUT2D eigenvalue weighted by atomic mass is 16.6. The van der Waals surface area contributed by atoms with E-state index in [1.165, 1.54) is 0 Å². The molecule has 142 valence electrons. The zero-order valence-corrected chi connectivity index (χ0v) is 16.1. The van der Waals surface area contributed by atoms with E-state index >= 15 is 0 Å². The molecule has 4 heteroatoms. The van der Waals surface area contributed by atoms with Gasteiger partial charge in [-0.1, -0.05) is 69.3 Å². The molecule has 0 N–H and O–H groups in total. The minimum absolute atomic E-state index is 0.213. The lowest BCUT2D eigenvalue weighted by molar-refractivity contribution is 0.0679. The van der Waals surface area contributed by atoms with Crippen molar-refractivity contribution in [3.05, 3.63) is 95.6 Å². The molecule has 0 radical (unpaired) electrons. The van der Waals surface area contributed by atoms with Crippen molar-refractivity contribution < 1.29 is 19.1 Å². The number of benzene rings is 3. The average Bonchev–Trinajstić information content (AvgIpc) is 2.69. The Labute approximate surface area is 164 Å². The summed E-state index contributed by atoms with van der Waals surface area (Å²) in [5.41, 5.74) is 1.30. The Balaban J connectivity index is 1.98. The topological polar surface area (TPSA) is 52.6 Å². The molecule has 0 aliphatic carbocycles. The molecular weight excluding hydrogens is 352 g/mol. The van der Waals surface area contributed by atoms with Gasteiger partial charge in [-0.05, 0) is 35.7 Å². The van der Waals surface area contributed by atoms with Crippen molar-refractivity contribution in [2.45, 2.75) is 26.2 Å². The molecule has 0 heterocycles. The van der Waals surface area contributed by atoms with E-state index in [1.807, 2.05) is 39.0 Å². The Morgan fingerprint density at radius 2 is 1.14 bits per heavy atom. The van der Waals surface area contributed by atoms with Crippen LogP contribution in [0.1, 0.15) is 47.1 Å². The second kappa shape index (κ2) is 8.09. The van der Waals surface area contributed by atoms with Crippen LogP contribution in [0.25, 0.3) is 0 Å². The van der Waals surface area contributed by atoms with Gasteiger partial charge in [-0.15, -0.1) is 0 Å². The molecule has 0 aromatic heterocycles. The Hall–Kier alpha value is -3.40. The van der Waals surface area contributed by atoms with Gasteiger partial charge < -0.3 is 9.47 Å². The lowest BCUT2D eigenvalue weighted by atomic mass is 9.86. The molecule has 0 unspecified atom stereocenters. The minimum atomic E-state index is -0.510. The largest absolute Gasteiger partial charge is 0.419 e. The van der Waals surface area contributed by atoms with Crippen LogP contribution in [0.5, 0.6) is 11.5 Å². The molecule has 3 aromatic carbocycles. The molecule has 0 saturated carbocycles. The number of para-hydroxylation sites is 1. The zero-order valence-electron chi connectivity index (χ0n) is 16.1. The highest BCUT2D eigenvalue weighted by Crippen LogP contribution is 2.39. The fourth-order valence-corrected chi connectivity index (χ4v) is 2.75. The quantitative estimate of drug-likeness (QED) is 0.452. The van der Waals surface area contributed by atoms with Crippen molar-refractivity contribution in [1.29, 1.82) is 0 Å². The van der Waals surface area contributed by atoms with Crippen molar-refractivity contribution in [3.63, 3.8) is 0 Å². The molecular formula is C24H22O4. The maximum absolute atomic E-state index is 12.6. The fraction of sp³-hybridized carbons (Fsp3) is 0.167. The summed E-state index contributed by atoms with van der Waals surface area (Å²) < 4.78 is 11.3. The van der Waals surface area contributed by atoms with Crippen LogP contribution < -0.4 is 9.47 Å². The first kappa shape index (κ1) is 19.4. The summed E-state index contributed by atoms with van der Waals surface area (Å²) in [4.78, 5) is 25.2. The first-order valence-electron chi connectivity index (χ1n) is 9.04. The third kappa shape index (κ3) is 4.46. The van der Waals surface area contributed by atoms with Gasteiger partial charge in [-0.2, -0.15) is 0 Å². The number of rotatable bonds is 4. The van der Waals surface area contributed by atoms with E-state index in [0.717, 1.165) is 5.56 Å². The maximum atomic E-state index is 12.6. The highest BCUT2D eigenvalue weighted by Gasteiger charge is 2.25. The van der Waals surface area contributed by atoms with Crippen LogP contribution in [0.2, 0.25) is 0 Å². The van der Waals surface area contributed by atoms with Crippen LogP contribution in [0.4, 0.5) is 0 Å². The molecule has 0 aliphatic rings. The molecule has 28 heavy (non-hydrogen) atoms. The molecule has 0 spiro atoms. The van der Waals surface area contributed by atoms with Crippen molar-refractivity contribution in [2.75, 3.05) is 0 Å². The van der Waals surface area contributed by atoms with E-state index in [0.29, 0.717) is 11.1 Å². The molecule has 0 aliphatic heterocycles. The molecule has 0 amide bonds. The number of esters is 2. The minimum Gasteiger partial charge on any atom is -0.419 e. The van der Waals surface area contributed by atoms with E-state index in [2.05, 4.69) is 0 Å². The van der Waals surface area contributed by atoms with E-state index in [4.69, 9.17) is 9.47 Å². The molecule has 3 aromatic rings. The number of ether oxygens (including phenoxy) is 2. The van der Waals surface area contributed by atoms with Crippen molar-refractivity contribution >= 4 is 11.9 Å². The van der Waals surface area contributed by atoms with E-state index < -0.39 is 11.9 Å². The summed E-state index contributed by atoms with van der Waals surface area (Å²) >= 11 is 0.